The Bertz CT molecular complexity index is 1440. The maximum Gasteiger partial charge on any atom is 0.258 e. The van der Waals surface area contributed by atoms with E-state index in [1.165, 1.54) is 11.8 Å². The predicted octanol–water partition coefficient (Wildman–Crippen LogP) is 4.54. The van der Waals surface area contributed by atoms with Gasteiger partial charge in [0.05, 0.1) is 33.6 Å². The van der Waals surface area contributed by atoms with Crippen molar-refractivity contribution in [2.24, 2.45) is 0 Å². The molecule has 3 heterocycles. The molecular formula is C23H19N5OS. The van der Waals surface area contributed by atoms with Gasteiger partial charge >= 0.3 is 0 Å². The Morgan fingerprint density at radius 2 is 1.77 bits per heavy atom. The first-order valence-corrected chi connectivity index (χ1v) is 10.6. The first kappa shape index (κ1) is 18.6. The normalized spacial score (nSPS) is 11.4. The second-order valence-corrected chi connectivity index (χ2v) is 8.10. The lowest BCUT2D eigenvalue weighted by Gasteiger charge is -2.05. The lowest BCUT2D eigenvalue weighted by Crippen LogP contribution is -2.11. The monoisotopic (exact) mass is 413 g/mol. The fraction of sp³-hybridized carbons (Fsp3) is 0.130. The SMILES string of the molecule is Cc1cc(C)c2c(-c3ccccc3)nc(SCc3nc4ccccc4c(=O)[nH]3)n2n1. The van der Waals surface area contributed by atoms with Crippen molar-refractivity contribution in [2.75, 3.05) is 0 Å². The number of hydrogen-bond donors (Lipinski definition) is 1. The Kier molecular flexibility index (Phi) is 4.59. The minimum atomic E-state index is -0.126. The highest BCUT2D eigenvalue weighted by Crippen LogP contribution is 2.31. The van der Waals surface area contributed by atoms with E-state index in [9.17, 15) is 4.79 Å². The fourth-order valence-corrected chi connectivity index (χ4v) is 4.45. The summed E-state index contributed by atoms with van der Waals surface area (Å²) in [6, 6.07) is 19.5. The zero-order valence-corrected chi connectivity index (χ0v) is 17.4. The van der Waals surface area contributed by atoms with Crippen LogP contribution in [0, 0.1) is 13.8 Å². The number of rotatable bonds is 4. The van der Waals surface area contributed by atoms with Crippen LogP contribution in [-0.2, 0) is 5.75 Å². The summed E-state index contributed by atoms with van der Waals surface area (Å²) in [5.41, 5.74) is 5.57. The van der Waals surface area contributed by atoms with Crippen LogP contribution >= 0.6 is 11.8 Å². The summed E-state index contributed by atoms with van der Waals surface area (Å²) >= 11 is 1.51. The number of nitrogens with zero attached hydrogens (tertiary/aromatic N) is 4. The second kappa shape index (κ2) is 7.42. The number of imidazole rings is 1. The number of aromatic amines is 1. The average molecular weight is 414 g/mol. The van der Waals surface area contributed by atoms with Crippen molar-refractivity contribution in [3.8, 4) is 11.3 Å². The van der Waals surface area contributed by atoms with Crippen LogP contribution in [0.5, 0.6) is 0 Å². The van der Waals surface area contributed by atoms with E-state index in [0.29, 0.717) is 22.5 Å². The number of benzene rings is 2. The summed E-state index contributed by atoms with van der Waals surface area (Å²) in [5, 5.41) is 6.07. The van der Waals surface area contributed by atoms with Gasteiger partial charge in [-0.15, -0.1) is 0 Å². The summed E-state index contributed by atoms with van der Waals surface area (Å²) in [6.07, 6.45) is 0. The number of fused-ring (bicyclic) bond motifs is 2. The van der Waals surface area contributed by atoms with E-state index in [0.717, 1.165) is 33.2 Å². The van der Waals surface area contributed by atoms with Crippen LogP contribution in [0.3, 0.4) is 0 Å². The molecule has 0 aliphatic heterocycles. The Morgan fingerprint density at radius 3 is 2.60 bits per heavy atom. The highest BCUT2D eigenvalue weighted by molar-refractivity contribution is 7.98. The molecule has 0 aliphatic rings. The molecule has 0 spiro atoms. The maximum atomic E-state index is 12.4. The van der Waals surface area contributed by atoms with E-state index < -0.39 is 0 Å². The standard InChI is InChI=1S/C23H19N5OS/c1-14-12-15(2)27-28-21(14)20(16-8-4-3-5-9-16)26-23(28)30-13-19-24-18-11-7-6-10-17(18)22(29)25-19/h3-12H,13H2,1-2H3,(H,24,25,29). The topological polar surface area (TPSA) is 75.9 Å². The van der Waals surface area contributed by atoms with E-state index in [-0.39, 0.29) is 5.56 Å². The van der Waals surface area contributed by atoms with Gasteiger partial charge in [0.2, 0.25) is 0 Å². The molecule has 0 bridgehead atoms. The van der Waals surface area contributed by atoms with E-state index in [2.05, 4.69) is 35.1 Å². The molecule has 0 saturated carbocycles. The summed E-state index contributed by atoms with van der Waals surface area (Å²) in [6.45, 7) is 4.06. The fourth-order valence-electron chi connectivity index (χ4n) is 3.63. The van der Waals surface area contributed by atoms with Gasteiger partial charge in [-0.05, 0) is 37.6 Å². The number of hydrogen-bond acceptors (Lipinski definition) is 5. The molecule has 0 radical (unpaired) electrons. The minimum absolute atomic E-state index is 0.126. The molecule has 148 valence electrons. The Labute approximate surface area is 177 Å². The van der Waals surface area contributed by atoms with E-state index in [4.69, 9.17) is 10.1 Å². The van der Waals surface area contributed by atoms with Gasteiger partial charge < -0.3 is 4.98 Å². The number of para-hydroxylation sites is 1. The first-order chi connectivity index (χ1) is 14.6. The van der Waals surface area contributed by atoms with Gasteiger partial charge in [-0.3, -0.25) is 4.79 Å². The average Bonchev–Trinajstić information content (AvgIpc) is 3.12. The van der Waals surface area contributed by atoms with Gasteiger partial charge in [-0.1, -0.05) is 54.2 Å². The molecule has 2 aromatic carbocycles. The van der Waals surface area contributed by atoms with Crippen LogP contribution in [-0.4, -0.2) is 24.6 Å². The highest BCUT2D eigenvalue weighted by atomic mass is 32.2. The van der Waals surface area contributed by atoms with E-state index >= 15 is 0 Å². The van der Waals surface area contributed by atoms with Crippen LogP contribution < -0.4 is 5.56 Å². The Morgan fingerprint density at radius 1 is 1.00 bits per heavy atom. The molecule has 0 fully saturated rings. The molecule has 5 aromatic rings. The second-order valence-electron chi connectivity index (χ2n) is 7.16. The third kappa shape index (κ3) is 3.27. The van der Waals surface area contributed by atoms with E-state index in [1.807, 2.05) is 47.8 Å². The summed E-state index contributed by atoms with van der Waals surface area (Å²) in [7, 11) is 0. The van der Waals surface area contributed by atoms with E-state index in [1.54, 1.807) is 6.07 Å². The lowest BCUT2D eigenvalue weighted by molar-refractivity contribution is 0.792. The summed E-state index contributed by atoms with van der Waals surface area (Å²) in [5.74, 6) is 1.10. The molecule has 0 unspecified atom stereocenters. The predicted molar refractivity (Wildman–Crippen MR) is 120 cm³/mol. The van der Waals surface area contributed by atoms with Crippen molar-refractivity contribution in [1.29, 1.82) is 0 Å². The zero-order valence-electron chi connectivity index (χ0n) is 16.6. The maximum absolute atomic E-state index is 12.4. The number of aromatic nitrogens is 5. The molecule has 7 heteroatoms. The molecule has 6 nitrogen and oxygen atoms in total. The molecule has 0 saturated heterocycles. The van der Waals surface area contributed by atoms with Crippen molar-refractivity contribution in [2.45, 2.75) is 24.8 Å². The lowest BCUT2D eigenvalue weighted by atomic mass is 10.1. The van der Waals surface area contributed by atoms with Crippen LogP contribution in [0.4, 0.5) is 0 Å². The number of thioether (sulfide) groups is 1. The van der Waals surface area contributed by atoms with Gasteiger partial charge in [0, 0.05) is 5.56 Å². The molecule has 3 aromatic heterocycles. The largest absolute Gasteiger partial charge is 0.309 e. The molecule has 0 aliphatic carbocycles. The molecule has 30 heavy (non-hydrogen) atoms. The third-order valence-corrected chi connectivity index (χ3v) is 5.87. The van der Waals surface area contributed by atoms with Crippen LogP contribution in [0.25, 0.3) is 27.7 Å². The van der Waals surface area contributed by atoms with Gasteiger partial charge in [-0.25, -0.2) is 14.5 Å². The van der Waals surface area contributed by atoms with Crippen LogP contribution in [0.15, 0.2) is 70.6 Å². The van der Waals surface area contributed by atoms with Crippen molar-refractivity contribution in [3.63, 3.8) is 0 Å². The van der Waals surface area contributed by atoms with Crippen LogP contribution in [0.2, 0.25) is 0 Å². The smallest absolute Gasteiger partial charge is 0.258 e. The highest BCUT2D eigenvalue weighted by Gasteiger charge is 2.17. The number of nitrogens with one attached hydrogen (secondary N) is 1. The molecule has 5 rings (SSSR count). The zero-order chi connectivity index (χ0) is 20.7. The van der Waals surface area contributed by atoms with Gasteiger partial charge in [0.25, 0.3) is 5.56 Å². The van der Waals surface area contributed by atoms with Crippen molar-refractivity contribution < 1.29 is 0 Å². The number of aryl methyl sites for hydroxylation is 2. The Balaban J connectivity index is 1.57. The van der Waals surface area contributed by atoms with Gasteiger partial charge in [0.15, 0.2) is 5.16 Å². The summed E-state index contributed by atoms with van der Waals surface area (Å²) in [4.78, 5) is 24.8. The van der Waals surface area contributed by atoms with Gasteiger partial charge in [-0.2, -0.15) is 5.10 Å². The molecule has 0 amide bonds. The molecular weight excluding hydrogens is 394 g/mol. The molecule has 1 N–H and O–H groups in total. The van der Waals surface area contributed by atoms with Crippen LogP contribution in [0.1, 0.15) is 17.1 Å². The number of H-pyrrole nitrogens is 1. The quantitative estimate of drug-likeness (QED) is 0.438. The summed E-state index contributed by atoms with van der Waals surface area (Å²) < 4.78 is 1.90. The van der Waals surface area contributed by atoms with Crippen molar-refractivity contribution in [1.82, 2.24) is 24.6 Å². The van der Waals surface area contributed by atoms with Crippen molar-refractivity contribution >= 4 is 28.2 Å². The Hall–Kier alpha value is -3.45. The molecule has 0 atom stereocenters. The van der Waals surface area contributed by atoms with Gasteiger partial charge in [0.1, 0.15) is 5.82 Å². The minimum Gasteiger partial charge on any atom is -0.309 e. The van der Waals surface area contributed by atoms with Crippen molar-refractivity contribution in [3.05, 3.63) is 88.1 Å². The first-order valence-electron chi connectivity index (χ1n) is 9.63. The third-order valence-electron chi connectivity index (χ3n) is 4.93.